The number of allylic oxidation sites excluding steroid dienone is 1. The van der Waals surface area contributed by atoms with Crippen molar-refractivity contribution < 1.29 is 0 Å². The molecule has 0 aliphatic carbocycles. The summed E-state index contributed by atoms with van der Waals surface area (Å²) in [4.78, 5) is 2.48. The molecule has 70 valence electrons. The Morgan fingerprint density at radius 2 is 2.08 bits per heavy atom. The van der Waals surface area contributed by atoms with E-state index in [-0.39, 0.29) is 0 Å². The maximum atomic E-state index is 4.04. The Morgan fingerprint density at radius 3 is 2.50 bits per heavy atom. The molecule has 0 amide bonds. The number of piperidine rings is 1. The minimum absolute atomic E-state index is 0.747. The first-order valence-corrected chi connectivity index (χ1v) is 5.05. The van der Waals surface area contributed by atoms with Crippen LogP contribution in [0.15, 0.2) is 12.3 Å². The van der Waals surface area contributed by atoms with Crippen LogP contribution in [0.1, 0.15) is 40.0 Å². The van der Waals surface area contributed by atoms with E-state index in [1.807, 2.05) is 0 Å². The number of likely N-dealkylation sites (tertiary alicyclic amines) is 1. The first kappa shape index (κ1) is 9.63. The highest BCUT2D eigenvalue weighted by Crippen LogP contribution is 2.25. The van der Waals surface area contributed by atoms with Crippen molar-refractivity contribution in [3.63, 3.8) is 0 Å². The summed E-state index contributed by atoms with van der Waals surface area (Å²) in [5.41, 5.74) is 1.24. The van der Waals surface area contributed by atoms with Crippen molar-refractivity contribution in [1.82, 2.24) is 4.90 Å². The molecule has 1 fully saturated rings. The van der Waals surface area contributed by atoms with Crippen molar-refractivity contribution in [1.29, 1.82) is 0 Å². The topological polar surface area (TPSA) is 3.24 Å². The standard InChI is InChI=1S/C11H21N/c1-9(2)11-7-5-6-8-12(11)10(3)4/h9,11H,3,5-8H2,1-2,4H3. The number of hydrogen-bond donors (Lipinski definition) is 0. The lowest BCUT2D eigenvalue weighted by Gasteiger charge is -2.40. The third-order valence-corrected chi connectivity index (χ3v) is 2.81. The van der Waals surface area contributed by atoms with E-state index in [0.29, 0.717) is 0 Å². The second-order valence-corrected chi connectivity index (χ2v) is 4.24. The van der Waals surface area contributed by atoms with Gasteiger partial charge >= 0.3 is 0 Å². The molecule has 0 N–H and O–H groups in total. The Labute approximate surface area is 76.5 Å². The average molecular weight is 167 g/mol. The highest BCUT2D eigenvalue weighted by atomic mass is 15.2. The first-order valence-electron chi connectivity index (χ1n) is 5.05. The van der Waals surface area contributed by atoms with E-state index in [0.717, 1.165) is 12.0 Å². The Morgan fingerprint density at radius 1 is 1.42 bits per heavy atom. The van der Waals surface area contributed by atoms with E-state index in [1.54, 1.807) is 0 Å². The van der Waals surface area contributed by atoms with Crippen LogP contribution in [0.4, 0.5) is 0 Å². The fourth-order valence-corrected chi connectivity index (χ4v) is 2.12. The van der Waals surface area contributed by atoms with Crippen molar-refractivity contribution in [2.45, 2.75) is 46.1 Å². The number of hydrogen-bond acceptors (Lipinski definition) is 1. The van der Waals surface area contributed by atoms with Crippen LogP contribution >= 0.6 is 0 Å². The summed E-state index contributed by atoms with van der Waals surface area (Å²) >= 11 is 0. The molecule has 12 heavy (non-hydrogen) atoms. The zero-order valence-corrected chi connectivity index (χ0v) is 8.64. The van der Waals surface area contributed by atoms with E-state index < -0.39 is 0 Å². The van der Waals surface area contributed by atoms with Gasteiger partial charge in [0.05, 0.1) is 0 Å². The Kier molecular flexibility index (Phi) is 3.19. The van der Waals surface area contributed by atoms with Crippen LogP contribution < -0.4 is 0 Å². The zero-order valence-electron chi connectivity index (χ0n) is 8.64. The monoisotopic (exact) mass is 167 g/mol. The number of rotatable bonds is 2. The van der Waals surface area contributed by atoms with E-state index in [2.05, 4.69) is 32.3 Å². The smallest absolute Gasteiger partial charge is 0.0309 e. The largest absolute Gasteiger partial charge is 0.372 e. The molecule has 1 atom stereocenters. The van der Waals surface area contributed by atoms with Crippen molar-refractivity contribution in [2.75, 3.05) is 6.54 Å². The molecule has 0 spiro atoms. The molecular formula is C11H21N. The van der Waals surface area contributed by atoms with Gasteiger partial charge in [-0.15, -0.1) is 0 Å². The molecule has 0 aromatic carbocycles. The van der Waals surface area contributed by atoms with Gasteiger partial charge in [-0.1, -0.05) is 20.4 Å². The van der Waals surface area contributed by atoms with Crippen LogP contribution in [0.2, 0.25) is 0 Å². The van der Waals surface area contributed by atoms with Gasteiger partial charge in [0.15, 0.2) is 0 Å². The highest BCUT2D eigenvalue weighted by Gasteiger charge is 2.23. The molecule has 1 heteroatoms. The summed E-state index contributed by atoms with van der Waals surface area (Å²) in [6.07, 6.45) is 4.09. The lowest BCUT2D eigenvalue weighted by Crippen LogP contribution is -2.41. The van der Waals surface area contributed by atoms with Crippen LogP contribution in [0, 0.1) is 5.92 Å². The second-order valence-electron chi connectivity index (χ2n) is 4.24. The van der Waals surface area contributed by atoms with Crippen LogP contribution in [0.25, 0.3) is 0 Å². The molecular weight excluding hydrogens is 146 g/mol. The molecule has 1 unspecified atom stereocenters. The summed E-state index contributed by atoms with van der Waals surface area (Å²) in [5, 5.41) is 0. The van der Waals surface area contributed by atoms with Crippen molar-refractivity contribution >= 4 is 0 Å². The van der Waals surface area contributed by atoms with Gasteiger partial charge in [-0.05, 0) is 32.1 Å². The maximum absolute atomic E-state index is 4.04. The van der Waals surface area contributed by atoms with Gasteiger partial charge in [0.2, 0.25) is 0 Å². The molecule has 0 radical (unpaired) electrons. The predicted molar refractivity (Wildman–Crippen MR) is 54.0 cm³/mol. The highest BCUT2D eigenvalue weighted by molar-refractivity contribution is 4.95. The zero-order chi connectivity index (χ0) is 9.14. The molecule has 1 saturated heterocycles. The first-order chi connectivity index (χ1) is 5.63. The molecule has 1 rings (SSSR count). The summed E-state index contributed by atoms with van der Waals surface area (Å²) in [6, 6.07) is 0.747. The normalized spacial score (nSPS) is 24.7. The summed E-state index contributed by atoms with van der Waals surface area (Å²) in [5.74, 6) is 0.766. The fraction of sp³-hybridized carbons (Fsp3) is 0.818. The second kappa shape index (κ2) is 3.97. The van der Waals surface area contributed by atoms with Gasteiger partial charge < -0.3 is 4.90 Å². The molecule has 1 aliphatic heterocycles. The van der Waals surface area contributed by atoms with Gasteiger partial charge in [-0.2, -0.15) is 0 Å². The van der Waals surface area contributed by atoms with Crippen molar-refractivity contribution in [3.8, 4) is 0 Å². The summed E-state index contributed by atoms with van der Waals surface area (Å²) < 4.78 is 0. The van der Waals surface area contributed by atoms with Gasteiger partial charge in [0.1, 0.15) is 0 Å². The fourth-order valence-electron chi connectivity index (χ4n) is 2.12. The van der Waals surface area contributed by atoms with Crippen LogP contribution in [-0.4, -0.2) is 17.5 Å². The van der Waals surface area contributed by atoms with Gasteiger partial charge in [-0.3, -0.25) is 0 Å². The quantitative estimate of drug-likeness (QED) is 0.611. The molecule has 0 bridgehead atoms. The molecule has 1 heterocycles. The van der Waals surface area contributed by atoms with E-state index in [1.165, 1.54) is 31.5 Å². The lowest BCUT2D eigenvalue weighted by atomic mass is 9.92. The number of nitrogens with zero attached hydrogens (tertiary/aromatic N) is 1. The van der Waals surface area contributed by atoms with E-state index in [4.69, 9.17) is 0 Å². The molecule has 1 aliphatic rings. The lowest BCUT2D eigenvalue weighted by molar-refractivity contribution is 0.152. The van der Waals surface area contributed by atoms with E-state index >= 15 is 0 Å². The molecule has 0 saturated carbocycles. The molecule has 0 aromatic heterocycles. The van der Waals surface area contributed by atoms with Gasteiger partial charge in [-0.25, -0.2) is 0 Å². The maximum Gasteiger partial charge on any atom is 0.0309 e. The molecule has 0 aromatic rings. The van der Waals surface area contributed by atoms with Crippen molar-refractivity contribution in [2.24, 2.45) is 5.92 Å². The third kappa shape index (κ3) is 2.02. The summed E-state index contributed by atoms with van der Waals surface area (Å²) in [6.45, 7) is 12.0. The van der Waals surface area contributed by atoms with Gasteiger partial charge in [0.25, 0.3) is 0 Å². The SMILES string of the molecule is C=C(C)N1CCCCC1C(C)C. The third-order valence-electron chi connectivity index (χ3n) is 2.81. The van der Waals surface area contributed by atoms with Crippen LogP contribution in [0.3, 0.4) is 0 Å². The predicted octanol–water partition coefficient (Wildman–Crippen LogP) is 3.03. The minimum atomic E-state index is 0.747. The average Bonchev–Trinajstić information content (AvgIpc) is 2.04. The van der Waals surface area contributed by atoms with Crippen molar-refractivity contribution in [3.05, 3.63) is 12.3 Å². The summed E-state index contributed by atoms with van der Waals surface area (Å²) in [7, 11) is 0. The Bertz CT molecular complexity index is 160. The molecule has 1 nitrogen and oxygen atoms in total. The Hall–Kier alpha value is -0.460. The van der Waals surface area contributed by atoms with E-state index in [9.17, 15) is 0 Å². The van der Waals surface area contributed by atoms with Crippen LogP contribution in [0.5, 0.6) is 0 Å². The van der Waals surface area contributed by atoms with Crippen LogP contribution in [-0.2, 0) is 0 Å². The minimum Gasteiger partial charge on any atom is -0.372 e. The Balaban J connectivity index is 2.60. The van der Waals surface area contributed by atoms with Gasteiger partial charge in [0, 0.05) is 18.3 Å².